The van der Waals surface area contributed by atoms with E-state index in [9.17, 15) is 24.2 Å². The van der Waals surface area contributed by atoms with Crippen LogP contribution >= 0.6 is 7.75 Å². The van der Waals surface area contributed by atoms with E-state index < -0.39 is 62.2 Å². The van der Waals surface area contributed by atoms with Crippen LogP contribution < -0.4 is 15.3 Å². The molecule has 3 aromatic rings. The number of ether oxygens (including phenoxy) is 4. The molecule has 4 rings (SSSR count). The van der Waals surface area contributed by atoms with Crippen molar-refractivity contribution in [2.75, 3.05) is 18.9 Å². The van der Waals surface area contributed by atoms with Gasteiger partial charge in [-0.1, -0.05) is 32.0 Å². The molecule has 0 saturated carbocycles. The Balaban J connectivity index is 1.77. The molecule has 46 heavy (non-hydrogen) atoms. The predicted molar refractivity (Wildman–Crippen MR) is 160 cm³/mol. The van der Waals surface area contributed by atoms with Crippen LogP contribution in [-0.4, -0.2) is 69.6 Å². The molecule has 0 bridgehead atoms. The van der Waals surface area contributed by atoms with Crippen LogP contribution in [0, 0.1) is 11.3 Å². The Hall–Kier alpha value is -4.55. The molecule has 1 fully saturated rings. The second kappa shape index (κ2) is 14.7. The van der Waals surface area contributed by atoms with E-state index >= 15 is 0 Å². The summed E-state index contributed by atoms with van der Waals surface area (Å²) in [4.78, 5) is 41.7. The van der Waals surface area contributed by atoms with Gasteiger partial charge in [0.25, 0.3) is 0 Å². The molecule has 17 heteroatoms. The minimum Gasteiger partial charge on any atom is -0.465 e. The average Bonchev–Trinajstić information content (AvgIpc) is 3.60. The zero-order valence-corrected chi connectivity index (χ0v) is 26.5. The van der Waals surface area contributed by atoms with E-state index in [2.05, 4.69) is 15.2 Å². The first-order valence-electron chi connectivity index (χ1n) is 14.5. The molecule has 0 spiro atoms. The maximum atomic E-state index is 14.2. The minimum absolute atomic E-state index is 0.0481. The molecular weight excluding hydrogens is 623 g/mol. The molecule has 1 aliphatic rings. The molecule has 0 radical (unpaired) electrons. The summed E-state index contributed by atoms with van der Waals surface area (Å²) in [7, 11) is -4.50. The minimum atomic E-state index is -4.50. The third kappa shape index (κ3) is 7.45. The highest BCUT2D eigenvalue weighted by atomic mass is 31.2. The summed E-state index contributed by atoms with van der Waals surface area (Å²) in [5, 5.41) is 17.4. The summed E-state index contributed by atoms with van der Waals surface area (Å²) < 4.78 is 49.8. The predicted octanol–water partition coefficient (Wildman–Crippen LogP) is 3.03. The normalized spacial score (nSPS) is 22.7. The highest BCUT2D eigenvalue weighted by Crippen LogP contribution is 2.50. The Morgan fingerprint density at radius 1 is 1.13 bits per heavy atom. The van der Waals surface area contributed by atoms with Crippen LogP contribution in [0.3, 0.4) is 0 Å². The summed E-state index contributed by atoms with van der Waals surface area (Å²) in [6.07, 6.45) is -3.16. The van der Waals surface area contributed by atoms with Crippen LogP contribution in [0.2, 0.25) is 0 Å². The quantitative estimate of drug-likeness (QED) is 0.145. The number of nitriles is 1. The summed E-state index contributed by atoms with van der Waals surface area (Å²) in [6, 6.07) is 12.0. The first-order valence-corrected chi connectivity index (χ1v) is 16.0. The van der Waals surface area contributed by atoms with Gasteiger partial charge in [0.05, 0.1) is 12.3 Å². The number of anilines is 1. The number of para-hydroxylation sites is 1. The van der Waals surface area contributed by atoms with E-state index in [1.165, 1.54) is 36.8 Å². The van der Waals surface area contributed by atoms with Crippen molar-refractivity contribution in [3.05, 3.63) is 54.5 Å². The number of aromatic nitrogens is 3. The number of fused-ring (bicyclic) bond motifs is 1. The number of nitrogens with zero attached hydrogens (tertiary/aromatic N) is 4. The van der Waals surface area contributed by atoms with Crippen LogP contribution in [-0.2, 0) is 42.4 Å². The van der Waals surface area contributed by atoms with Crippen molar-refractivity contribution >= 4 is 37.0 Å². The van der Waals surface area contributed by atoms with E-state index in [0.29, 0.717) is 5.52 Å². The lowest BCUT2D eigenvalue weighted by Crippen LogP contribution is -2.49. The Labute approximate surface area is 264 Å². The molecular formula is C29H35N6O10P. The maximum absolute atomic E-state index is 14.2. The summed E-state index contributed by atoms with van der Waals surface area (Å²) in [5.41, 5.74) is 4.47. The molecule has 1 aliphatic heterocycles. The number of rotatable bonds is 14. The van der Waals surface area contributed by atoms with Gasteiger partial charge in [-0.2, -0.15) is 15.4 Å². The molecule has 16 nitrogen and oxygen atoms in total. The number of nitrogens with two attached hydrogens (primary N) is 1. The van der Waals surface area contributed by atoms with Crippen molar-refractivity contribution in [3.63, 3.8) is 0 Å². The second-order valence-electron chi connectivity index (χ2n) is 10.1. The van der Waals surface area contributed by atoms with E-state index in [-0.39, 0.29) is 36.7 Å². The summed E-state index contributed by atoms with van der Waals surface area (Å²) in [5.74, 6) is -1.89. The van der Waals surface area contributed by atoms with Crippen molar-refractivity contribution in [2.24, 2.45) is 0 Å². The first kappa shape index (κ1) is 34.3. The second-order valence-corrected chi connectivity index (χ2v) is 11.8. The Morgan fingerprint density at radius 2 is 1.83 bits per heavy atom. The Morgan fingerprint density at radius 3 is 2.48 bits per heavy atom. The number of benzene rings is 1. The number of esters is 3. The SMILES string of the molecule is CCOC(=O)[C@H](C)NP(=O)(OC[C@@]1(C#N)O[C@@H](c2ccc3c(N)ncnn23)[C@H](OC(=O)CC)[C@@H]1OC(=O)CC)Oc1ccccc1. The molecule has 2 aromatic heterocycles. The molecule has 1 saturated heterocycles. The monoisotopic (exact) mass is 658 g/mol. The van der Waals surface area contributed by atoms with Crippen LogP contribution in [0.1, 0.15) is 52.3 Å². The van der Waals surface area contributed by atoms with Gasteiger partial charge in [0, 0.05) is 12.8 Å². The highest BCUT2D eigenvalue weighted by Gasteiger charge is 2.62. The largest absolute Gasteiger partial charge is 0.465 e. The van der Waals surface area contributed by atoms with E-state index in [0.717, 1.165) is 0 Å². The van der Waals surface area contributed by atoms with E-state index in [4.69, 9.17) is 33.7 Å². The maximum Gasteiger partial charge on any atom is 0.459 e. The number of carbonyl (C=O) groups excluding carboxylic acids is 3. The van der Waals surface area contributed by atoms with Gasteiger partial charge in [0.15, 0.2) is 18.0 Å². The smallest absolute Gasteiger partial charge is 0.459 e. The number of hydrogen-bond acceptors (Lipinski definition) is 14. The van der Waals surface area contributed by atoms with Crippen molar-refractivity contribution in [3.8, 4) is 11.8 Å². The number of nitrogen functional groups attached to an aromatic ring is 1. The fourth-order valence-corrected chi connectivity index (χ4v) is 6.16. The van der Waals surface area contributed by atoms with Gasteiger partial charge < -0.3 is 29.2 Å². The number of carbonyl (C=O) groups is 3. The van der Waals surface area contributed by atoms with Gasteiger partial charge in [-0.05, 0) is 38.1 Å². The lowest BCUT2D eigenvalue weighted by molar-refractivity contribution is -0.169. The molecule has 3 N–H and O–H groups in total. The van der Waals surface area contributed by atoms with Crippen molar-refractivity contribution in [1.82, 2.24) is 19.7 Å². The lowest BCUT2D eigenvalue weighted by Gasteiger charge is -2.30. The zero-order chi connectivity index (χ0) is 33.5. The molecule has 1 aromatic carbocycles. The Bertz CT molecular complexity index is 1650. The van der Waals surface area contributed by atoms with Gasteiger partial charge in [-0.25, -0.2) is 14.1 Å². The number of nitrogens with one attached hydrogen (secondary N) is 1. The molecule has 0 amide bonds. The van der Waals surface area contributed by atoms with E-state index in [1.807, 2.05) is 6.07 Å². The topological polar surface area (TPSA) is 216 Å². The summed E-state index contributed by atoms with van der Waals surface area (Å²) >= 11 is 0. The van der Waals surface area contributed by atoms with Gasteiger partial charge in [0.1, 0.15) is 42.4 Å². The Kier molecular flexibility index (Phi) is 11.0. The molecule has 6 atom stereocenters. The van der Waals surface area contributed by atoms with Crippen LogP contribution in [0.4, 0.5) is 5.82 Å². The summed E-state index contributed by atoms with van der Waals surface area (Å²) in [6.45, 7) is 5.33. The fourth-order valence-electron chi connectivity index (χ4n) is 4.63. The average molecular weight is 659 g/mol. The molecule has 1 unspecified atom stereocenters. The van der Waals surface area contributed by atoms with E-state index in [1.54, 1.807) is 44.2 Å². The van der Waals surface area contributed by atoms with Gasteiger partial charge >= 0.3 is 25.7 Å². The third-order valence-corrected chi connectivity index (χ3v) is 8.52. The lowest BCUT2D eigenvalue weighted by atomic mass is 9.95. The highest BCUT2D eigenvalue weighted by molar-refractivity contribution is 7.52. The van der Waals surface area contributed by atoms with Crippen molar-refractivity contribution in [2.45, 2.75) is 70.5 Å². The molecule has 0 aliphatic carbocycles. The fraction of sp³-hybridized carbons (Fsp3) is 0.448. The van der Waals surface area contributed by atoms with Crippen molar-refractivity contribution in [1.29, 1.82) is 5.26 Å². The van der Waals surface area contributed by atoms with Crippen LogP contribution in [0.25, 0.3) is 5.52 Å². The molecule has 3 heterocycles. The first-order chi connectivity index (χ1) is 22.0. The zero-order valence-electron chi connectivity index (χ0n) is 25.7. The van der Waals surface area contributed by atoms with Crippen molar-refractivity contribution < 1.29 is 46.9 Å². The molecule has 246 valence electrons. The third-order valence-electron chi connectivity index (χ3n) is 6.90. The van der Waals surface area contributed by atoms with Gasteiger partial charge in [0.2, 0.25) is 5.60 Å². The van der Waals surface area contributed by atoms with Crippen LogP contribution in [0.5, 0.6) is 5.75 Å². The van der Waals surface area contributed by atoms with Gasteiger partial charge in [-0.15, -0.1) is 0 Å². The van der Waals surface area contributed by atoms with Crippen LogP contribution in [0.15, 0.2) is 48.8 Å². The van der Waals surface area contributed by atoms with Gasteiger partial charge in [-0.3, -0.25) is 18.9 Å². The number of hydrogen-bond donors (Lipinski definition) is 2. The standard InChI is InChI=1S/C29H35N6O10P/c1-5-22(36)42-25-24(20-13-14-21-27(31)32-17-33-35(20)21)44-29(15-30,26(25)43-23(37)6-2)16-41-46(39,34-18(4)28(38)40-7-3)45-19-11-9-8-10-12-19/h8-14,17-18,24-26H,5-7,16H2,1-4H3,(H,34,39)(H2,31,32,33)/t18-,24-,25-,26-,29+,46?/m0/s1.